The van der Waals surface area contributed by atoms with Crippen LogP contribution in [0.2, 0.25) is 0 Å². The summed E-state index contributed by atoms with van der Waals surface area (Å²) >= 11 is 0. The highest BCUT2D eigenvalue weighted by atomic mass is 16.3. The molecule has 5 saturated carbocycles. The van der Waals surface area contributed by atoms with E-state index in [1.807, 2.05) is 0 Å². The molecule has 0 heterocycles. The Morgan fingerprint density at radius 2 is 1.71 bits per heavy atom. The molecule has 1 N–H and O–H groups in total. The summed E-state index contributed by atoms with van der Waals surface area (Å²) in [5.41, 5.74) is 1.37. The monoisotopic (exact) mass is 386 g/mol. The van der Waals surface area contributed by atoms with Crippen LogP contribution in [0.15, 0.2) is 0 Å². The second kappa shape index (κ2) is 6.48. The molecule has 0 saturated heterocycles. The van der Waals surface area contributed by atoms with Crippen LogP contribution in [-0.4, -0.2) is 11.2 Å². The summed E-state index contributed by atoms with van der Waals surface area (Å²) in [4.78, 5) is 0. The zero-order valence-corrected chi connectivity index (χ0v) is 19.3. The minimum absolute atomic E-state index is 0.0103. The lowest BCUT2D eigenvalue weighted by atomic mass is 9.45. The van der Waals surface area contributed by atoms with Crippen LogP contribution in [0.3, 0.4) is 0 Å². The molecule has 5 fully saturated rings. The van der Waals surface area contributed by atoms with Crippen LogP contribution in [0.25, 0.3) is 0 Å². The van der Waals surface area contributed by atoms with Crippen molar-refractivity contribution in [1.82, 2.24) is 0 Å². The molecule has 0 aromatic rings. The molecule has 1 heteroatoms. The molecule has 0 radical (unpaired) electrons. The fourth-order valence-corrected chi connectivity index (χ4v) is 10.3. The molecule has 1 spiro atoms. The molecule has 28 heavy (non-hydrogen) atoms. The molecular formula is C27H46O. The predicted octanol–water partition coefficient (Wildman–Crippen LogP) is 7.08. The minimum atomic E-state index is 0.0103. The van der Waals surface area contributed by atoms with E-state index >= 15 is 0 Å². The largest absolute Gasteiger partial charge is 0.393 e. The van der Waals surface area contributed by atoms with Crippen LogP contribution in [0.5, 0.6) is 0 Å². The first kappa shape index (κ1) is 19.9. The van der Waals surface area contributed by atoms with Crippen LogP contribution in [0.1, 0.15) is 105 Å². The van der Waals surface area contributed by atoms with E-state index in [1.165, 1.54) is 64.2 Å². The SMILES string of the molecule is CC(C)CCC[C@@H](C)[C@H]1CC[C@H]2[C@@H]3C[C@@H](O)C45C[C@@H]4CC[C@]5(C)[C@H]3CC[C@]12C. The molecule has 1 nitrogen and oxygen atoms in total. The van der Waals surface area contributed by atoms with E-state index in [9.17, 15) is 5.11 Å². The lowest BCUT2D eigenvalue weighted by molar-refractivity contribution is -0.152. The smallest absolute Gasteiger partial charge is 0.0607 e. The number of hydrogen-bond acceptors (Lipinski definition) is 1. The van der Waals surface area contributed by atoms with Crippen LogP contribution in [0.4, 0.5) is 0 Å². The Bertz CT molecular complexity index is 611. The van der Waals surface area contributed by atoms with Gasteiger partial charge in [0.2, 0.25) is 0 Å². The van der Waals surface area contributed by atoms with Gasteiger partial charge in [-0.1, -0.05) is 53.9 Å². The normalized spacial score (nSPS) is 55.4. The number of fused-ring (bicyclic) bond motifs is 4. The van der Waals surface area contributed by atoms with E-state index in [2.05, 4.69) is 34.6 Å². The fourth-order valence-electron chi connectivity index (χ4n) is 10.3. The summed E-state index contributed by atoms with van der Waals surface area (Å²) in [6.07, 6.45) is 15.4. The Kier molecular flexibility index (Phi) is 4.60. The van der Waals surface area contributed by atoms with Gasteiger partial charge in [0.25, 0.3) is 0 Å². The summed E-state index contributed by atoms with van der Waals surface area (Å²) in [6.45, 7) is 12.6. The summed E-state index contributed by atoms with van der Waals surface area (Å²) in [5, 5.41) is 11.3. The van der Waals surface area contributed by atoms with Crippen LogP contribution < -0.4 is 0 Å². The van der Waals surface area contributed by atoms with Gasteiger partial charge in [-0.3, -0.25) is 0 Å². The molecule has 0 aliphatic heterocycles. The maximum Gasteiger partial charge on any atom is 0.0607 e. The van der Waals surface area contributed by atoms with Crippen molar-refractivity contribution in [3.63, 3.8) is 0 Å². The molecular weight excluding hydrogens is 340 g/mol. The van der Waals surface area contributed by atoms with Gasteiger partial charge in [0, 0.05) is 5.41 Å². The van der Waals surface area contributed by atoms with Crippen molar-refractivity contribution in [2.45, 2.75) is 111 Å². The van der Waals surface area contributed by atoms with Gasteiger partial charge in [-0.05, 0) is 104 Å². The molecule has 5 aliphatic carbocycles. The fraction of sp³-hybridized carbons (Fsp3) is 1.00. The Balaban J connectivity index is 1.34. The lowest BCUT2D eigenvalue weighted by Crippen LogP contribution is -2.56. The van der Waals surface area contributed by atoms with Gasteiger partial charge in [-0.2, -0.15) is 0 Å². The van der Waals surface area contributed by atoms with E-state index in [0.717, 1.165) is 47.8 Å². The molecule has 5 aliphatic rings. The Hall–Kier alpha value is -0.0400. The lowest BCUT2D eigenvalue weighted by Gasteiger charge is -2.60. The maximum absolute atomic E-state index is 11.3. The third-order valence-electron chi connectivity index (χ3n) is 11.8. The van der Waals surface area contributed by atoms with Crippen molar-refractivity contribution in [1.29, 1.82) is 0 Å². The number of hydrogen-bond donors (Lipinski definition) is 1. The molecule has 5 rings (SSSR count). The van der Waals surface area contributed by atoms with E-state index < -0.39 is 0 Å². The molecule has 0 bridgehead atoms. The Labute approximate surface area is 174 Å². The van der Waals surface area contributed by atoms with Crippen LogP contribution in [0, 0.1) is 57.7 Å². The average Bonchev–Trinajstić information content (AvgIpc) is 3.15. The van der Waals surface area contributed by atoms with Gasteiger partial charge in [0.1, 0.15) is 0 Å². The first-order valence-corrected chi connectivity index (χ1v) is 12.9. The van der Waals surface area contributed by atoms with E-state index in [4.69, 9.17) is 0 Å². The zero-order chi connectivity index (χ0) is 19.9. The van der Waals surface area contributed by atoms with Crippen molar-refractivity contribution >= 4 is 0 Å². The maximum atomic E-state index is 11.3. The van der Waals surface area contributed by atoms with Crippen molar-refractivity contribution in [2.24, 2.45) is 57.7 Å². The second-order valence-electron chi connectivity index (χ2n) is 13.1. The van der Waals surface area contributed by atoms with Gasteiger partial charge < -0.3 is 5.11 Å². The number of rotatable bonds is 5. The minimum Gasteiger partial charge on any atom is -0.393 e. The van der Waals surface area contributed by atoms with E-state index in [0.29, 0.717) is 16.2 Å². The molecule has 0 amide bonds. The van der Waals surface area contributed by atoms with E-state index in [1.54, 1.807) is 0 Å². The second-order valence-corrected chi connectivity index (χ2v) is 13.1. The van der Waals surface area contributed by atoms with Crippen LogP contribution >= 0.6 is 0 Å². The van der Waals surface area contributed by atoms with Crippen LogP contribution in [-0.2, 0) is 0 Å². The van der Waals surface area contributed by atoms with Gasteiger partial charge in [-0.15, -0.1) is 0 Å². The Morgan fingerprint density at radius 1 is 0.929 bits per heavy atom. The predicted molar refractivity (Wildman–Crippen MR) is 117 cm³/mol. The highest BCUT2D eigenvalue weighted by molar-refractivity contribution is 5.25. The number of aliphatic hydroxyl groups is 1. The van der Waals surface area contributed by atoms with Gasteiger partial charge in [0.15, 0.2) is 0 Å². The zero-order valence-electron chi connectivity index (χ0n) is 19.3. The molecule has 10 atom stereocenters. The third-order valence-corrected chi connectivity index (χ3v) is 11.8. The molecule has 0 aromatic carbocycles. The first-order chi connectivity index (χ1) is 13.2. The summed E-state index contributed by atoms with van der Waals surface area (Å²) in [7, 11) is 0. The third kappa shape index (κ3) is 2.47. The molecule has 0 aromatic heterocycles. The standard InChI is InChI=1S/C27H46O/c1-17(2)7-6-8-18(3)21-9-10-22-20-15-24(28)27-16-19(27)11-14-26(27,5)23(20)12-13-25(21,22)4/h17-24,28H,6-16H2,1-5H3/t18-,19+,20+,21-,22+,23+,24-,25-,26-,27?/m1/s1. The Morgan fingerprint density at radius 3 is 2.43 bits per heavy atom. The van der Waals surface area contributed by atoms with Crippen molar-refractivity contribution in [3.8, 4) is 0 Å². The highest BCUT2D eigenvalue weighted by Crippen LogP contribution is 2.81. The topological polar surface area (TPSA) is 20.2 Å². The van der Waals surface area contributed by atoms with Crippen molar-refractivity contribution < 1.29 is 5.11 Å². The first-order valence-electron chi connectivity index (χ1n) is 12.9. The summed E-state index contributed by atoms with van der Waals surface area (Å²) < 4.78 is 0. The van der Waals surface area contributed by atoms with E-state index in [-0.39, 0.29) is 6.10 Å². The highest BCUT2D eigenvalue weighted by Gasteiger charge is 2.77. The van der Waals surface area contributed by atoms with Crippen molar-refractivity contribution in [3.05, 3.63) is 0 Å². The summed E-state index contributed by atoms with van der Waals surface area (Å²) in [6, 6.07) is 0. The average molecular weight is 387 g/mol. The van der Waals surface area contributed by atoms with Gasteiger partial charge in [-0.25, -0.2) is 0 Å². The quantitative estimate of drug-likeness (QED) is 0.535. The summed E-state index contributed by atoms with van der Waals surface area (Å²) in [5.74, 6) is 6.17. The molecule has 1 unspecified atom stereocenters. The van der Waals surface area contributed by atoms with Crippen molar-refractivity contribution in [2.75, 3.05) is 0 Å². The van der Waals surface area contributed by atoms with Gasteiger partial charge >= 0.3 is 0 Å². The van der Waals surface area contributed by atoms with Gasteiger partial charge in [0.05, 0.1) is 6.10 Å². The number of aliphatic hydroxyl groups excluding tert-OH is 1. The molecule has 160 valence electrons.